The molecule has 0 aromatic rings. The number of hydrogen-bond donors (Lipinski definition) is 0. The molecule has 1 saturated heterocycles. The Morgan fingerprint density at radius 3 is 2.20 bits per heavy atom. The molecule has 1 saturated carbocycles. The van der Waals surface area contributed by atoms with Crippen molar-refractivity contribution in [3.05, 3.63) is 0 Å². The highest BCUT2D eigenvalue weighted by Crippen LogP contribution is 2.34. The van der Waals surface area contributed by atoms with Crippen LogP contribution >= 0.6 is 0 Å². The molecule has 0 unspecified atom stereocenters. The summed E-state index contributed by atoms with van der Waals surface area (Å²) in [5.41, 5.74) is 0. The van der Waals surface area contributed by atoms with Gasteiger partial charge in [0.15, 0.2) is 0 Å². The first kappa shape index (κ1) is 10.9. The Labute approximate surface area is 90.1 Å². The Hall–Kier alpha value is -0.620. The summed E-state index contributed by atoms with van der Waals surface area (Å²) in [6.07, 6.45) is 1.57. The SMILES string of the molecule is CN(C)C(=O)C1CN(S(=O)(=O)C2CC2)C1. The zero-order valence-electron chi connectivity index (χ0n) is 9.01. The average Bonchev–Trinajstić information content (AvgIpc) is 2.81. The minimum atomic E-state index is -3.06. The van der Waals surface area contributed by atoms with E-state index in [4.69, 9.17) is 0 Å². The van der Waals surface area contributed by atoms with Crippen molar-refractivity contribution in [2.45, 2.75) is 18.1 Å². The molecule has 86 valence electrons. The van der Waals surface area contributed by atoms with Gasteiger partial charge >= 0.3 is 0 Å². The lowest BCUT2D eigenvalue weighted by molar-refractivity contribution is -0.136. The largest absolute Gasteiger partial charge is 0.348 e. The van der Waals surface area contributed by atoms with Crippen LogP contribution in [0.25, 0.3) is 0 Å². The predicted octanol–water partition coefficient (Wildman–Crippen LogP) is -0.501. The molecule has 0 aromatic carbocycles. The van der Waals surface area contributed by atoms with E-state index in [0.29, 0.717) is 13.1 Å². The zero-order valence-corrected chi connectivity index (χ0v) is 9.83. The molecule has 1 heterocycles. The Bertz CT molecular complexity index is 367. The first-order valence-electron chi connectivity index (χ1n) is 5.13. The van der Waals surface area contributed by atoms with Gasteiger partial charge < -0.3 is 4.90 Å². The van der Waals surface area contributed by atoms with Gasteiger partial charge in [0.2, 0.25) is 15.9 Å². The summed E-state index contributed by atoms with van der Waals surface area (Å²) >= 11 is 0. The molecule has 15 heavy (non-hydrogen) atoms. The molecule has 0 N–H and O–H groups in total. The second-order valence-corrected chi connectivity index (χ2v) is 6.70. The fourth-order valence-electron chi connectivity index (χ4n) is 1.74. The summed E-state index contributed by atoms with van der Waals surface area (Å²) in [5, 5.41) is -0.159. The molecular formula is C9H16N2O3S. The number of amides is 1. The Kier molecular flexibility index (Phi) is 2.50. The summed E-state index contributed by atoms with van der Waals surface area (Å²) in [6.45, 7) is 0.742. The van der Waals surface area contributed by atoms with Crippen molar-refractivity contribution in [3.8, 4) is 0 Å². The van der Waals surface area contributed by atoms with Crippen molar-refractivity contribution in [1.82, 2.24) is 9.21 Å². The van der Waals surface area contributed by atoms with Gasteiger partial charge in [-0.1, -0.05) is 0 Å². The van der Waals surface area contributed by atoms with Crippen LogP contribution in [0.1, 0.15) is 12.8 Å². The van der Waals surface area contributed by atoms with E-state index < -0.39 is 10.0 Å². The summed E-state index contributed by atoms with van der Waals surface area (Å²) in [5.74, 6) is -0.106. The van der Waals surface area contributed by atoms with E-state index in [0.717, 1.165) is 12.8 Å². The van der Waals surface area contributed by atoms with Crippen LogP contribution in [-0.2, 0) is 14.8 Å². The normalized spacial score (nSPS) is 23.6. The van der Waals surface area contributed by atoms with Crippen molar-refractivity contribution < 1.29 is 13.2 Å². The predicted molar refractivity (Wildman–Crippen MR) is 55.7 cm³/mol. The molecule has 5 nitrogen and oxygen atoms in total. The maximum atomic E-state index is 11.7. The number of carbonyl (C=O) groups excluding carboxylic acids is 1. The van der Waals surface area contributed by atoms with Crippen LogP contribution in [-0.4, -0.2) is 56.0 Å². The third-order valence-corrected chi connectivity index (χ3v) is 5.28. The van der Waals surface area contributed by atoms with Crippen LogP contribution < -0.4 is 0 Å². The minimum Gasteiger partial charge on any atom is -0.348 e. The number of carbonyl (C=O) groups is 1. The zero-order chi connectivity index (χ0) is 11.2. The fraction of sp³-hybridized carbons (Fsp3) is 0.889. The Balaban J connectivity index is 1.90. The van der Waals surface area contributed by atoms with E-state index in [9.17, 15) is 13.2 Å². The van der Waals surface area contributed by atoms with Gasteiger partial charge in [-0.2, -0.15) is 4.31 Å². The third-order valence-electron chi connectivity index (χ3n) is 2.94. The minimum absolute atomic E-state index is 0.0252. The summed E-state index contributed by atoms with van der Waals surface area (Å²) < 4.78 is 24.9. The van der Waals surface area contributed by atoms with E-state index in [1.54, 1.807) is 14.1 Å². The lowest BCUT2D eigenvalue weighted by atomic mass is 10.0. The van der Waals surface area contributed by atoms with Crippen molar-refractivity contribution in [3.63, 3.8) is 0 Å². The van der Waals surface area contributed by atoms with Gasteiger partial charge in [0.25, 0.3) is 0 Å². The monoisotopic (exact) mass is 232 g/mol. The van der Waals surface area contributed by atoms with Crippen LogP contribution in [0.4, 0.5) is 0 Å². The second-order valence-electron chi connectivity index (χ2n) is 4.49. The molecule has 0 aromatic heterocycles. The van der Waals surface area contributed by atoms with Crippen molar-refractivity contribution in [1.29, 1.82) is 0 Å². The van der Waals surface area contributed by atoms with Crippen LogP contribution in [0, 0.1) is 5.92 Å². The first-order chi connectivity index (χ1) is 6.93. The van der Waals surface area contributed by atoms with Gasteiger partial charge in [0.05, 0.1) is 11.2 Å². The van der Waals surface area contributed by atoms with Gasteiger partial charge in [-0.05, 0) is 12.8 Å². The van der Waals surface area contributed by atoms with Crippen LogP contribution in [0.15, 0.2) is 0 Å². The molecule has 2 rings (SSSR count). The topological polar surface area (TPSA) is 57.7 Å². The molecule has 0 radical (unpaired) electrons. The molecule has 1 aliphatic carbocycles. The first-order valence-corrected chi connectivity index (χ1v) is 6.63. The van der Waals surface area contributed by atoms with Crippen molar-refractivity contribution in [2.75, 3.05) is 27.2 Å². The van der Waals surface area contributed by atoms with E-state index in [1.165, 1.54) is 9.21 Å². The molecule has 2 aliphatic rings. The third kappa shape index (κ3) is 1.88. The Morgan fingerprint density at radius 1 is 1.27 bits per heavy atom. The van der Waals surface area contributed by atoms with Gasteiger partial charge in [0.1, 0.15) is 0 Å². The van der Waals surface area contributed by atoms with E-state index in [-0.39, 0.29) is 17.1 Å². The molecule has 1 aliphatic heterocycles. The van der Waals surface area contributed by atoms with Crippen molar-refractivity contribution >= 4 is 15.9 Å². The second kappa shape index (κ2) is 3.45. The number of sulfonamides is 1. The van der Waals surface area contributed by atoms with E-state index >= 15 is 0 Å². The highest BCUT2D eigenvalue weighted by molar-refractivity contribution is 7.90. The lowest BCUT2D eigenvalue weighted by Gasteiger charge is -2.38. The molecule has 6 heteroatoms. The summed E-state index contributed by atoms with van der Waals surface area (Å²) in [6, 6.07) is 0. The standard InChI is InChI=1S/C9H16N2O3S/c1-10(2)9(12)7-5-11(6-7)15(13,14)8-3-4-8/h7-8H,3-6H2,1-2H3. The molecule has 0 bridgehead atoms. The smallest absolute Gasteiger partial charge is 0.227 e. The van der Waals surface area contributed by atoms with Gasteiger partial charge in [-0.25, -0.2) is 8.42 Å². The lowest BCUT2D eigenvalue weighted by Crippen LogP contribution is -2.56. The molecule has 1 amide bonds. The number of nitrogens with zero attached hydrogens (tertiary/aromatic N) is 2. The van der Waals surface area contributed by atoms with Gasteiger partial charge in [-0.15, -0.1) is 0 Å². The van der Waals surface area contributed by atoms with Gasteiger partial charge in [0, 0.05) is 27.2 Å². The number of hydrogen-bond acceptors (Lipinski definition) is 3. The highest BCUT2D eigenvalue weighted by Gasteiger charge is 2.47. The van der Waals surface area contributed by atoms with Crippen LogP contribution in [0.3, 0.4) is 0 Å². The highest BCUT2D eigenvalue weighted by atomic mass is 32.2. The fourth-order valence-corrected chi connectivity index (χ4v) is 3.67. The Morgan fingerprint density at radius 2 is 1.80 bits per heavy atom. The van der Waals surface area contributed by atoms with Crippen LogP contribution in [0.2, 0.25) is 0 Å². The summed E-state index contributed by atoms with van der Waals surface area (Å²) in [7, 11) is 0.331. The maximum Gasteiger partial charge on any atom is 0.227 e. The van der Waals surface area contributed by atoms with E-state index in [2.05, 4.69) is 0 Å². The quantitative estimate of drug-likeness (QED) is 0.659. The van der Waals surface area contributed by atoms with E-state index in [1.807, 2.05) is 0 Å². The molecular weight excluding hydrogens is 216 g/mol. The van der Waals surface area contributed by atoms with Crippen LogP contribution in [0.5, 0.6) is 0 Å². The maximum absolute atomic E-state index is 11.7. The molecule has 0 spiro atoms. The van der Waals surface area contributed by atoms with Crippen molar-refractivity contribution in [2.24, 2.45) is 5.92 Å². The van der Waals surface area contributed by atoms with Gasteiger partial charge in [-0.3, -0.25) is 4.79 Å². The number of rotatable bonds is 3. The summed E-state index contributed by atoms with van der Waals surface area (Å²) in [4.78, 5) is 13.0. The molecule has 2 fully saturated rings. The average molecular weight is 232 g/mol. The molecule has 0 atom stereocenters.